The van der Waals surface area contributed by atoms with Crippen molar-refractivity contribution in [3.63, 3.8) is 0 Å². The van der Waals surface area contributed by atoms with Crippen molar-refractivity contribution in [3.8, 4) is 0 Å². The first-order chi connectivity index (χ1) is 13.7. The molecule has 2 aromatic rings. The van der Waals surface area contributed by atoms with E-state index in [4.69, 9.17) is 4.74 Å². The first-order valence-electron chi connectivity index (χ1n) is 9.76. The van der Waals surface area contributed by atoms with E-state index in [1.807, 2.05) is 60.7 Å². The lowest BCUT2D eigenvalue weighted by Crippen LogP contribution is -2.32. The summed E-state index contributed by atoms with van der Waals surface area (Å²) in [4.78, 5) is 28.0. The number of para-hydroxylation sites is 1. The van der Waals surface area contributed by atoms with Gasteiger partial charge in [0, 0.05) is 12.2 Å². The average Bonchev–Trinajstić information content (AvgIpc) is 3.00. The lowest BCUT2D eigenvalue weighted by molar-refractivity contribution is -0.139. The third-order valence-corrected chi connectivity index (χ3v) is 4.74. The average molecular weight is 378 g/mol. The normalized spacial score (nSPS) is 16.4. The van der Waals surface area contributed by atoms with Crippen LogP contribution in [0.15, 0.2) is 71.9 Å². The van der Waals surface area contributed by atoms with Crippen molar-refractivity contribution in [3.05, 3.63) is 77.5 Å². The molecule has 0 saturated heterocycles. The van der Waals surface area contributed by atoms with Gasteiger partial charge in [0.25, 0.3) is 5.91 Å². The summed E-state index contributed by atoms with van der Waals surface area (Å²) in [6.45, 7) is 4.69. The van der Waals surface area contributed by atoms with Crippen LogP contribution in [-0.4, -0.2) is 29.9 Å². The van der Waals surface area contributed by atoms with E-state index in [1.54, 1.807) is 11.8 Å². The minimum Gasteiger partial charge on any atom is -0.463 e. The molecule has 0 fully saturated rings. The second-order valence-electron chi connectivity index (χ2n) is 6.67. The van der Waals surface area contributed by atoms with E-state index in [0.717, 1.165) is 24.1 Å². The number of esters is 1. The molecule has 0 saturated carbocycles. The molecule has 2 aromatic carbocycles. The Morgan fingerprint density at radius 2 is 1.68 bits per heavy atom. The molecule has 1 aliphatic heterocycles. The number of anilines is 1. The van der Waals surface area contributed by atoms with Crippen LogP contribution in [0.1, 0.15) is 38.3 Å². The first kappa shape index (κ1) is 19.7. The zero-order valence-electron chi connectivity index (χ0n) is 16.4. The third kappa shape index (κ3) is 4.09. The Hall–Kier alpha value is -3.08. The van der Waals surface area contributed by atoms with Gasteiger partial charge in [0.15, 0.2) is 0 Å². The fourth-order valence-electron chi connectivity index (χ4n) is 3.42. The monoisotopic (exact) mass is 378 g/mol. The highest BCUT2D eigenvalue weighted by Crippen LogP contribution is 2.39. The van der Waals surface area contributed by atoms with E-state index in [1.165, 1.54) is 0 Å². The molecule has 1 unspecified atom stereocenters. The highest BCUT2D eigenvalue weighted by atomic mass is 16.5. The van der Waals surface area contributed by atoms with Crippen molar-refractivity contribution >= 4 is 17.6 Å². The molecule has 5 heteroatoms. The summed E-state index contributed by atoms with van der Waals surface area (Å²) in [5, 5.41) is 3.17. The second-order valence-corrected chi connectivity index (χ2v) is 6.67. The number of benzene rings is 2. The van der Waals surface area contributed by atoms with Crippen LogP contribution in [0.4, 0.5) is 5.69 Å². The van der Waals surface area contributed by atoms with Crippen LogP contribution in [0.3, 0.4) is 0 Å². The van der Waals surface area contributed by atoms with Gasteiger partial charge in [-0.15, -0.1) is 0 Å². The number of carbonyl (C=O) groups is 2. The summed E-state index contributed by atoms with van der Waals surface area (Å²) >= 11 is 0. The highest BCUT2D eigenvalue weighted by molar-refractivity contribution is 6.09. The van der Waals surface area contributed by atoms with Gasteiger partial charge in [-0.1, -0.05) is 61.9 Å². The van der Waals surface area contributed by atoms with Gasteiger partial charge in [-0.2, -0.15) is 0 Å². The summed E-state index contributed by atoms with van der Waals surface area (Å²) in [5.74, 6) is -0.628. The molecule has 146 valence electrons. The van der Waals surface area contributed by atoms with E-state index < -0.39 is 12.0 Å². The van der Waals surface area contributed by atoms with Crippen LogP contribution in [0.25, 0.3) is 0 Å². The van der Waals surface area contributed by atoms with Gasteiger partial charge in [-0.3, -0.25) is 4.79 Å². The number of nitrogens with one attached hydrogen (secondary N) is 1. The van der Waals surface area contributed by atoms with Crippen molar-refractivity contribution in [1.29, 1.82) is 0 Å². The summed E-state index contributed by atoms with van der Waals surface area (Å²) in [6.07, 6.45) is 1.82. The molecule has 0 aromatic heterocycles. The molecule has 28 heavy (non-hydrogen) atoms. The van der Waals surface area contributed by atoms with Crippen molar-refractivity contribution in [2.45, 2.75) is 32.7 Å². The van der Waals surface area contributed by atoms with Gasteiger partial charge in [0.05, 0.1) is 18.2 Å². The first-order valence-corrected chi connectivity index (χ1v) is 9.76. The minimum atomic E-state index is -0.456. The molecule has 1 N–H and O–H groups in total. The fraction of sp³-hybridized carbons (Fsp3) is 0.304. The summed E-state index contributed by atoms with van der Waals surface area (Å²) in [6, 6.07) is 18.6. The van der Waals surface area contributed by atoms with Crippen LogP contribution < -0.4 is 5.32 Å². The second kappa shape index (κ2) is 9.22. The minimum absolute atomic E-state index is 0.172. The van der Waals surface area contributed by atoms with Gasteiger partial charge in [-0.05, 0) is 31.0 Å². The number of amides is 1. The maximum absolute atomic E-state index is 13.3. The number of hydrogen-bond acceptors (Lipinski definition) is 4. The van der Waals surface area contributed by atoms with Crippen LogP contribution in [0.2, 0.25) is 0 Å². The molecule has 0 aliphatic carbocycles. The lowest BCUT2D eigenvalue weighted by Gasteiger charge is -2.26. The molecule has 3 rings (SSSR count). The fourth-order valence-corrected chi connectivity index (χ4v) is 3.42. The van der Waals surface area contributed by atoms with Gasteiger partial charge in [-0.25, -0.2) is 4.79 Å². The van der Waals surface area contributed by atoms with E-state index in [0.29, 0.717) is 17.8 Å². The SMILES string of the molecule is CCCCN1C(=O)C(Nc2ccccc2)=C(C(=O)OCC)C1c1ccccc1. The number of ether oxygens (including phenoxy) is 1. The number of nitrogens with zero attached hydrogens (tertiary/aromatic N) is 1. The molecule has 1 amide bonds. The number of carbonyl (C=O) groups excluding carboxylic acids is 2. The lowest BCUT2D eigenvalue weighted by atomic mass is 9.98. The largest absolute Gasteiger partial charge is 0.463 e. The zero-order chi connectivity index (χ0) is 19.9. The molecule has 1 atom stereocenters. The van der Waals surface area contributed by atoms with Crippen LogP contribution in [-0.2, 0) is 14.3 Å². The molecule has 1 heterocycles. The Kier molecular flexibility index (Phi) is 6.48. The molecular weight excluding hydrogens is 352 g/mol. The molecule has 0 spiro atoms. The zero-order valence-corrected chi connectivity index (χ0v) is 16.4. The Morgan fingerprint density at radius 1 is 1.04 bits per heavy atom. The third-order valence-electron chi connectivity index (χ3n) is 4.74. The van der Waals surface area contributed by atoms with Crippen molar-refractivity contribution in [2.24, 2.45) is 0 Å². The Bertz CT molecular complexity index is 847. The van der Waals surface area contributed by atoms with E-state index in [2.05, 4.69) is 12.2 Å². The van der Waals surface area contributed by atoms with Gasteiger partial charge >= 0.3 is 5.97 Å². The van der Waals surface area contributed by atoms with Crippen molar-refractivity contribution in [1.82, 2.24) is 4.90 Å². The topological polar surface area (TPSA) is 58.6 Å². The molecule has 0 radical (unpaired) electrons. The quantitative estimate of drug-likeness (QED) is 0.696. The number of rotatable bonds is 8. The van der Waals surface area contributed by atoms with Gasteiger partial charge in [0.1, 0.15) is 5.70 Å². The smallest absolute Gasteiger partial charge is 0.338 e. The summed E-state index contributed by atoms with van der Waals surface area (Å²) in [7, 11) is 0. The number of unbranched alkanes of at least 4 members (excludes halogenated alkanes) is 1. The van der Waals surface area contributed by atoms with Crippen LogP contribution >= 0.6 is 0 Å². The van der Waals surface area contributed by atoms with Crippen LogP contribution in [0, 0.1) is 0 Å². The Labute approximate surface area is 166 Å². The molecule has 1 aliphatic rings. The number of hydrogen-bond donors (Lipinski definition) is 1. The maximum atomic E-state index is 13.3. The predicted molar refractivity (Wildman–Crippen MR) is 110 cm³/mol. The summed E-state index contributed by atoms with van der Waals surface area (Å²) < 4.78 is 5.33. The molecule has 0 bridgehead atoms. The molecule has 5 nitrogen and oxygen atoms in total. The molecular formula is C23H26N2O3. The van der Waals surface area contributed by atoms with Crippen molar-refractivity contribution < 1.29 is 14.3 Å². The van der Waals surface area contributed by atoms with Crippen LogP contribution in [0.5, 0.6) is 0 Å². The Morgan fingerprint density at radius 3 is 2.29 bits per heavy atom. The van der Waals surface area contributed by atoms with E-state index >= 15 is 0 Å². The standard InChI is InChI=1S/C23H26N2O3/c1-3-5-16-25-21(17-12-8-6-9-13-17)19(23(27)28-4-2)20(22(25)26)24-18-14-10-7-11-15-18/h6-15,21,24H,3-5,16H2,1-2H3. The van der Waals surface area contributed by atoms with Gasteiger partial charge < -0.3 is 15.0 Å². The van der Waals surface area contributed by atoms with E-state index in [9.17, 15) is 9.59 Å². The predicted octanol–water partition coefficient (Wildman–Crippen LogP) is 4.30. The van der Waals surface area contributed by atoms with Gasteiger partial charge in [0.2, 0.25) is 0 Å². The Balaban J connectivity index is 2.09. The summed E-state index contributed by atoms with van der Waals surface area (Å²) in [5.41, 5.74) is 2.34. The maximum Gasteiger partial charge on any atom is 0.338 e. The van der Waals surface area contributed by atoms with E-state index in [-0.39, 0.29) is 12.5 Å². The van der Waals surface area contributed by atoms with Crippen molar-refractivity contribution in [2.75, 3.05) is 18.5 Å². The highest BCUT2D eigenvalue weighted by Gasteiger charge is 2.43.